The van der Waals surface area contributed by atoms with E-state index in [1.165, 1.54) is 17.3 Å². The third-order valence-corrected chi connectivity index (χ3v) is 8.10. The third-order valence-electron chi connectivity index (χ3n) is 7.37. The summed E-state index contributed by atoms with van der Waals surface area (Å²) in [5.74, 6) is 0.465. The number of nitrogens with one attached hydrogen (secondary N) is 1. The topological polar surface area (TPSA) is 111 Å². The smallest absolute Gasteiger partial charge is 0.410 e. The summed E-state index contributed by atoms with van der Waals surface area (Å²) in [6.45, 7) is 2.86. The average Bonchev–Trinajstić information content (AvgIpc) is 3.42. The molecule has 1 N–H and O–H groups in total. The molecule has 1 amide bonds. The number of hydrogen-bond donors (Lipinski definition) is 1. The van der Waals surface area contributed by atoms with Crippen molar-refractivity contribution in [3.05, 3.63) is 24.0 Å². The molecule has 9 nitrogen and oxygen atoms in total. The maximum absolute atomic E-state index is 13.2. The Hall–Kier alpha value is -1.99. The number of alkyl halides is 2. The van der Waals surface area contributed by atoms with Crippen LogP contribution >= 0.6 is 0 Å². The van der Waals surface area contributed by atoms with E-state index < -0.39 is 52.6 Å². The Labute approximate surface area is 202 Å². The van der Waals surface area contributed by atoms with Gasteiger partial charge in [0.2, 0.25) is 10.0 Å². The number of likely N-dealkylation sites (tertiary alicyclic amines) is 1. The Balaban J connectivity index is 1.41. The Bertz CT molecular complexity index is 1030. The van der Waals surface area contributed by atoms with Gasteiger partial charge in [0.15, 0.2) is 11.9 Å². The molecule has 7 atom stereocenters. The van der Waals surface area contributed by atoms with Gasteiger partial charge in [-0.1, -0.05) is 0 Å². The molecule has 2 aliphatic carbocycles. The van der Waals surface area contributed by atoms with Crippen LogP contribution in [0.4, 0.5) is 18.0 Å². The lowest BCUT2D eigenvalue weighted by Crippen LogP contribution is -2.51. The van der Waals surface area contributed by atoms with Crippen LogP contribution < -0.4 is 4.72 Å². The fourth-order valence-electron chi connectivity index (χ4n) is 5.53. The maximum atomic E-state index is 13.2. The van der Waals surface area contributed by atoms with Crippen molar-refractivity contribution >= 4 is 16.1 Å². The highest BCUT2D eigenvalue weighted by Gasteiger charge is 2.60. The van der Waals surface area contributed by atoms with Crippen molar-refractivity contribution in [1.82, 2.24) is 19.6 Å². The van der Waals surface area contributed by atoms with Crippen molar-refractivity contribution in [3.63, 3.8) is 0 Å². The SMILES string of the molecule is CC(OC(=O)N1[C@H](C)C[C@H](NS(C)(=O)=O)[C@@H]1CO[C@H]1CC[C@@]2(c3ncc(F)cn3)C[C@H]2C1)C(F)F. The number of carbonyl (C=O) groups excluding carboxylic acids is 1. The summed E-state index contributed by atoms with van der Waals surface area (Å²) in [4.78, 5) is 22.4. The van der Waals surface area contributed by atoms with Gasteiger partial charge < -0.3 is 9.47 Å². The summed E-state index contributed by atoms with van der Waals surface area (Å²) in [5.41, 5.74) is -0.156. The van der Waals surface area contributed by atoms with Crippen LogP contribution in [0.5, 0.6) is 0 Å². The van der Waals surface area contributed by atoms with Crippen LogP contribution in [0.3, 0.4) is 0 Å². The van der Waals surface area contributed by atoms with Crippen LogP contribution in [0.1, 0.15) is 51.8 Å². The fraction of sp³-hybridized carbons (Fsp3) is 0.773. The number of ether oxygens (including phenoxy) is 2. The molecule has 0 radical (unpaired) electrons. The van der Waals surface area contributed by atoms with Gasteiger partial charge in [-0.3, -0.25) is 4.90 Å². The molecule has 1 aliphatic heterocycles. The highest BCUT2D eigenvalue weighted by molar-refractivity contribution is 7.88. The van der Waals surface area contributed by atoms with Crippen molar-refractivity contribution in [3.8, 4) is 0 Å². The molecule has 196 valence electrons. The summed E-state index contributed by atoms with van der Waals surface area (Å²) in [6, 6.07) is -1.77. The molecule has 3 aliphatic rings. The molecule has 2 heterocycles. The molecule has 4 rings (SSSR count). The number of hydrogen-bond acceptors (Lipinski definition) is 7. The van der Waals surface area contributed by atoms with Crippen molar-refractivity contribution in [1.29, 1.82) is 0 Å². The molecule has 1 aromatic heterocycles. The van der Waals surface area contributed by atoms with E-state index in [2.05, 4.69) is 14.7 Å². The van der Waals surface area contributed by atoms with E-state index in [-0.39, 0.29) is 18.1 Å². The molecular formula is C22H31F3N4O5S. The van der Waals surface area contributed by atoms with Gasteiger partial charge >= 0.3 is 6.09 Å². The quantitative estimate of drug-likeness (QED) is 0.561. The lowest BCUT2D eigenvalue weighted by Gasteiger charge is -2.33. The second-order valence-electron chi connectivity index (χ2n) is 9.99. The van der Waals surface area contributed by atoms with E-state index in [0.29, 0.717) is 24.6 Å². The zero-order valence-electron chi connectivity index (χ0n) is 19.9. The first kappa shape index (κ1) is 26.1. The van der Waals surface area contributed by atoms with E-state index in [9.17, 15) is 26.4 Å². The highest BCUT2D eigenvalue weighted by Crippen LogP contribution is 2.61. The van der Waals surface area contributed by atoms with Crippen LogP contribution in [0.15, 0.2) is 12.4 Å². The van der Waals surface area contributed by atoms with Crippen LogP contribution in [0.2, 0.25) is 0 Å². The molecule has 13 heteroatoms. The summed E-state index contributed by atoms with van der Waals surface area (Å²) >= 11 is 0. The molecule has 1 unspecified atom stereocenters. The minimum atomic E-state index is -3.58. The monoisotopic (exact) mass is 520 g/mol. The molecule has 1 aromatic rings. The van der Waals surface area contributed by atoms with E-state index in [4.69, 9.17) is 9.47 Å². The lowest BCUT2D eigenvalue weighted by molar-refractivity contribution is -0.0390. The molecule has 0 spiro atoms. The Morgan fingerprint density at radius 1 is 1.31 bits per heavy atom. The van der Waals surface area contributed by atoms with E-state index >= 15 is 0 Å². The van der Waals surface area contributed by atoms with Crippen LogP contribution in [0, 0.1) is 11.7 Å². The van der Waals surface area contributed by atoms with Crippen LogP contribution in [0.25, 0.3) is 0 Å². The number of rotatable bonds is 8. The van der Waals surface area contributed by atoms with Gasteiger partial charge in [-0.2, -0.15) is 0 Å². The van der Waals surface area contributed by atoms with Gasteiger partial charge in [0.25, 0.3) is 6.43 Å². The first-order valence-electron chi connectivity index (χ1n) is 11.7. The molecule has 1 saturated heterocycles. The number of amides is 1. The Morgan fingerprint density at radius 3 is 2.60 bits per heavy atom. The average molecular weight is 521 g/mol. The summed E-state index contributed by atoms with van der Waals surface area (Å²) < 4.78 is 76.5. The maximum Gasteiger partial charge on any atom is 0.410 e. The molecule has 2 saturated carbocycles. The molecular weight excluding hydrogens is 489 g/mol. The number of aromatic nitrogens is 2. The minimum absolute atomic E-state index is 0.0348. The summed E-state index contributed by atoms with van der Waals surface area (Å²) in [7, 11) is -3.58. The van der Waals surface area contributed by atoms with Gasteiger partial charge in [0.05, 0.1) is 37.4 Å². The van der Waals surface area contributed by atoms with Crippen molar-refractivity contribution in [2.75, 3.05) is 12.9 Å². The first-order valence-corrected chi connectivity index (χ1v) is 13.6. The van der Waals surface area contributed by atoms with E-state index in [1.54, 1.807) is 6.92 Å². The summed E-state index contributed by atoms with van der Waals surface area (Å²) in [6.07, 6.45) is 1.32. The third kappa shape index (κ3) is 5.72. The van der Waals surface area contributed by atoms with Crippen molar-refractivity contribution in [2.45, 2.75) is 88.1 Å². The van der Waals surface area contributed by atoms with Crippen LogP contribution in [-0.4, -0.2) is 79.0 Å². The molecule has 35 heavy (non-hydrogen) atoms. The second kappa shape index (κ2) is 9.81. The van der Waals surface area contributed by atoms with Gasteiger partial charge in [-0.05, 0) is 51.9 Å². The van der Waals surface area contributed by atoms with Gasteiger partial charge in [0.1, 0.15) is 5.82 Å². The number of halogens is 3. The summed E-state index contributed by atoms with van der Waals surface area (Å²) in [5, 5.41) is 0. The highest BCUT2D eigenvalue weighted by atomic mass is 32.2. The predicted molar refractivity (Wildman–Crippen MR) is 119 cm³/mol. The molecule has 0 aromatic carbocycles. The van der Waals surface area contributed by atoms with Gasteiger partial charge in [-0.25, -0.2) is 41.1 Å². The Kier molecular flexibility index (Phi) is 7.31. The first-order chi connectivity index (χ1) is 16.4. The normalized spacial score (nSPS) is 33.5. The number of nitrogens with zero attached hydrogens (tertiary/aromatic N) is 3. The molecule has 0 bridgehead atoms. The zero-order valence-corrected chi connectivity index (χ0v) is 20.7. The Morgan fingerprint density at radius 2 is 2.00 bits per heavy atom. The zero-order chi connectivity index (χ0) is 25.5. The fourth-order valence-corrected chi connectivity index (χ4v) is 6.34. The number of sulfonamides is 1. The molecule has 3 fully saturated rings. The second-order valence-corrected chi connectivity index (χ2v) is 11.8. The number of fused-ring (bicyclic) bond motifs is 1. The lowest BCUT2D eigenvalue weighted by atomic mass is 9.86. The van der Waals surface area contributed by atoms with Gasteiger partial charge in [0, 0.05) is 17.5 Å². The predicted octanol–water partition coefficient (Wildman–Crippen LogP) is 2.61. The number of carbonyl (C=O) groups is 1. The minimum Gasteiger partial charge on any atom is -0.440 e. The standard InChI is InChI=1S/C22H31F3N4O5S/c1-12-6-17(28-35(3,31)32)18(29(12)21(30)34-13(2)19(24)25)11-33-16-4-5-22(8-14(22)7-16)20-26-9-15(23)10-27-20/h9-10,12-14,16-19,28H,4-8,11H2,1-3H3/t12-,13?,14-,16+,17+,18+,22-/m1/s1. The largest absolute Gasteiger partial charge is 0.440 e. The van der Waals surface area contributed by atoms with Crippen molar-refractivity contribution in [2.24, 2.45) is 5.92 Å². The van der Waals surface area contributed by atoms with E-state index in [1.807, 2.05) is 0 Å². The van der Waals surface area contributed by atoms with Crippen LogP contribution in [-0.2, 0) is 24.9 Å². The van der Waals surface area contributed by atoms with E-state index in [0.717, 1.165) is 32.4 Å². The van der Waals surface area contributed by atoms with Crippen molar-refractivity contribution < 1.29 is 35.9 Å². The van der Waals surface area contributed by atoms with Gasteiger partial charge in [-0.15, -0.1) is 0 Å².